The second-order valence-electron chi connectivity index (χ2n) is 7.71. The van der Waals surface area contributed by atoms with E-state index >= 15 is 0 Å². The first-order valence-electron chi connectivity index (χ1n) is 9.64. The van der Waals surface area contributed by atoms with Crippen LogP contribution in [0.3, 0.4) is 0 Å². The fourth-order valence-corrected chi connectivity index (χ4v) is 4.38. The number of carboxylic acids is 1. The number of nitrogens with zero attached hydrogens (tertiary/aromatic N) is 3. The van der Waals surface area contributed by atoms with Gasteiger partial charge in [-0.05, 0) is 37.5 Å². The highest BCUT2D eigenvalue weighted by atomic mass is 19.4. The summed E-state index contributed by atoms with van der Waals surface area (Å²) in [7, 11) is 0. The van der Waals surface area contributed by atoms with Crippen LogP contribution in [0.25, 0.3) is 10.9 Å². The highest BCUT2D eigenvalue weighted by Gasteiger charge is 2.43. The van der Waals surface area contributed by atoms with E-state index in [1.54, 1.807) is 12.1 Å². The minimum atomic E-state index is -4.88. The van der Waals surface area contributed by atoms with Gasteiger partial charge in [-0.15, -0.1) is 0 Å². The monoisotopic (exact) mass is 423 g/mol. The summed E-state index contributed by atoms with van der Waals surface area (Å²) in [6.07, 6.45) is -2.09. The van der Waals surface area contributed by atoms with Crippen LogP contribution in [0.4, 0.5) is 18.9 Å². The maximum atomic E-state index is 12.7. The number of alkyl halides is 3. The Bertz CT molecular complexity index is 1100. The van der Waals surface area contributed by atoms with Gasteiger partial charge in [0.2, 0.25) is 5.43 Å². The average Bonchev–Trinajstić information content (AvgIpc) is 2.70. The molecule has 7 nitrogen and oxygen atoms in total. The highest BCUT2D eigenvalue weighted by molar-refractivity contribution is 5.95. The first-order valence-corrected chi connectivity index (χ1v) is 9.64. The molecule has 1 N–H and O–H groups in total. The Hall–Kier alpha value is -3.04. The minimum absolute atomic E-state index is 0.00945. The molecule has 1 atom stereocenters. The largest absolute Gasteiger partial charge is 0.477 e. The van der Waals surface area contributed by atoms with Crippen molar-refractivity contribution >= 4 is 28.5 Å². The van der Waals surface area contributed by atoms with Gasteiger partial charge in [-0.1, -0.05) is 0 Å². The number of benzene rings is 1. The number of rotatable bonds is 2. The number of carboxylic acid groups (broad SMARTS) is 1. The summed E-state index contributed by atoms with van der Waals surface area (Å²) >= 11 is 0. The van der Waals surface area contributed by atoms with Gasteiger partial charge in [0.15, 0.2) is 0 Å². The van der Waals surface area contributed by atoms with Crippen LogP contribution < -0.4 is 10.3 Å². The van der Waals surface area contributed by atoms with Gasteiger partial charge in [0.25, 0.3) is 0 Å². The third-order valence-electron chi connectivity index (χ3n) is 5.94. The average molecular weight is 423 g/mol. The van der Waals surface area contributed by atoms with Crippen LogP contribution in [0.15, 0.2) is 23.1 Å². The molecular weight excluding hydrogens is 403 g/mol. The lowest BCUT2D eigenvalue weighted by molar-refractivity contribution is -0.185. The number of halogens is 3. The number of aromatic nitrogens is 1. The summed E-state index contributed by atoms with van der Waals surface area (Å²) in [6, 6.07) is 3.33. The molecule has 1 fully saturated rings. The van der Waals surface area contributed by atoms with Crippen molar-refractivity contribution in [2.45, 2.75) is 32.0 Å². The van der Waals surface area contributed by atoms with Crippen molar-refractivity contribution in [3.63, 3.8) is 0 Å². The molecule has 2 aliphatic rings. The molecule has 160 valence electrons. The molecule has 0 spiro atoms. The van der Waals surface area contributed by atoms with E-state index < -0.39 is 23.5 Å². The Morgan fingerprint density at radius 3 is 2.40 bits per heavy atom. The van der Waals surface area contributed by atoms with E-state index in [1.807, 2.05) is 16.4 Å². The van der Waals surface area contributed by atoms with Crippen molar-refractivity contribution in [3.8, 4) is 0 Å². The summed E-state index contributed by atoms with van der Waals surface area (Å²) in [5.41, 5.74) is 1.54. The number of hydrogen-bond donors (Lipinski definition) is 1. The van der Waals surface area contributed by atoms with Crippen LogP contribution in [0.5, 0.6) is 0 Å². The van der Waals surface area contributed by atoms with Crippen LogP contribution >= 0.6 is 0 Å². The minimum Gasteiger partial charge on any atom is -0.477 e. The van der Waals surface area contributed by atoms with E-state index in [4.69, 9.17) is 0 Å². The number of carbonyl (C=O) groups excluding carboxylic acids is 1. The normalized spacial score (nSPS) is 19.3. The van der Waals surface area contributed by atoms with E-state index in [0.29, 0.717) is 17.3 Å². The zero-order chi connectivity index (χ0) is 21.8. The summed E-state index contributed by atoms with van der Waals surface area (Å²) in [4.78, 5) is 38.3. The Morgan fingerprint density at radius 1 is 1.13 bits per heavy atom. The van der Waals surface area contributed by atoms with Crippen molar-refractivity contribution in [1.29, 1.82) is 0 Å². The molecule has 1 aromatic carbocycles. The van der Waals surface area contributed by atoms with E-state index in [2.05, 4.69) is 0 Å². The molecule has 2 aromatic rings. The molecule has 3 heterocycles. The lowest BCUT2D eigenvalue weighted by atomic mass is 9.94. The van der Waals surface area contributed by atoms with Crippen molar-refractivity contribution < 1.29 is 27.9 Å². The number of aryl methyl sites for hydroxylation is 1. The Balaban J connectivity index is 1.73. The zero-order valence-corrected chi connectivity index (χ0v) is 16.2. The Morgan fingerprint density at radius 2 is 1.80 bits per heavy atom. The first-order chi connectivity index (χ1) is 14.1. The van der Waals surface area contributed by atoms with Crippen LogP contribution in [0.1, 0.15) is 35.3 Å². The fourth-order valence-electron chi connectivity index (χ4n) is 4.38. The van der Waals surface area contributed by atoms with Crippen molar-refractivity contribution in [3.05, 3.63) is 39.7 Å². The van der Waals surface area contributed by atoms with Gasteiger partial charge in [0, 0.05) is 49.5 Å². The predicted molar refractivity (Wildman–Crippen MR) is 103 cm³/mol. The molecular formula is C20H20F3N3O4. The SMILES string of the molecule is CC1CCc2c(N3CCN(C(=O)C(F)(F)F)CC3)ccc3c(=O)c(C(=O)O)cn1c23. The smallest absolute Gasteiger partial charge is 0.471 e. The molecule has 0 aliphatic carbocycles. The van der Waals surface area contributed by atoms with Gasteiger partial charge >= 0.3 is 18.1 Å². The molecule has 30 heavy (non-hydrogen) atoms. The van der Waals surface area contributed by atoms with Gasteiger partial charge in [-0.3, -0.25) is 9.59 Å². The molecule has 4 rings (SSSR count). The van der Waals surface area contributed by atoms with Crippen molar-refractivity contribution in [1.82, 2.24) is 9.47 Å². The van der Waals surface area contributed by atoms with Crippen molar-refractivity contribution in [2.24, 2.45) is 0 Å². The predicted octanol–water partition coefficient (Wildman–Crippen LogP) is 2.42. The van der Waals surface area contributed by atoms with Gasteiger partial charge in [-0.2, -0.15) is 13.2 Å². The number of hydrogen-bond acceptors (Lipinski definition) is 4. The van der Waals surface area contributed by atoms with E-state index in [1.165, 1.54) is 6.20 Å². The first kappa shape index (κ1) is 20.2. The number of carbonyl (C=O) groups is 2. The summed E-state index contributed by atoms with van der Waals surface area (Å²) in [5.74, 6) is -3.11. The van der Waals surface area contributed by atoms with Gasteiger partial charge in [-0.25, -0.2) is 4.79 Å². The topological polar surface area (TPSA) is 82.8 Å². The summed E-state index contributed by atoms with van der Waals surface area (Å²) in [6.45, 7) is 2.35. The van der Waals surface area contributed by atoms with Crippen molar-refractivity contribution in [2.75, 3.05) is 31.1 Å². The fraction of sp³-hybridized carbons (Fsp3) is 0.450. The lowest BCUT2D eigenvalue weighted by Gasteiger charge is -2.38. The standard InChI is InChI=1S/C20H20F3N3O4/c1-11-2-3-12-15(24-6-8-25(9-7-24)19(30)20(21,22)23)5-4-13-16(12)26(11)10-14(17(13)27)18(28)29/h4-5,10-11H,2-3,6-9H2,1H3,(H,28,29). The second-order valence-corrected chi connectivity index (χ2v) is 7.71. The molecule has 1 aromatic heterocycles. The molecule has 0 radical (unpaired) electrons. The maximum absolute atomic E-state index is 12.7. The van der Waals surface area contributed by atoms with Crippen LogP contribution in [0.2, 0.25) is 0 Å². The lowest BCUT2D eigenvalue weighted by Crippen LogP contribution is -2.52. The number of aromatic carboxylic acids is 1. The number of amides is 1. The third-order valence-corrected chi connectivity index (χ3v) is 5.94. The van der Waals surface area contributed by atoms with Gasteiger partial charge in [0.05, 0.1) is 5.52 Å². The highest BCUT2D eigenvalue weighted by Crippen LogP contribution is 2.36. The molecule has 1 amide bonds. The maximum Gasteiger partial charge on any atom is 0.471 e. The number of pyridine rings is 1. The van der Waals surface area contributed by atoms with Crippen LogP contribution in [-0.4, -0.2) is 58.8 Å². The number of anilines is 1. The molecule has 0 bridgehead atoms. The summed E-state index contributed by atoms with van der Waals surface area (Å²) in [5, 5.41) is 9.70. The van der Waals surface area contributed by atoms with E-state index in [9.17, 15) is 32.7 Å². The van der Waals surface area contributed by atoms with Crippen LogP contribution in [0, 0.1) is 0 Å². The van der Waals surface area contributed by atoms with Gasteiger partial charge < -0.3 is 19.5 Å². The van der Waals surface area contributed by atoms with E-state index in [-0.39, 0.29) is 37.8 Å². The van der Waals surface area contributed by atoms with Gasteiger partial charge in [0.1, 0.15) is 5.56 Å². The number of piperazine rings is 1. The second kappa shape index (κ2) is 7.03. The molecule has 2 aliphatic heterocycles. The quantitative estimate of drug-likeness (QED) is 0.802. The zero-order valence-electron chi connectivity index (χ0n) is 16.2. The third kappa shape index (κ3) is 3.20. The molecule has 1 saturated heterocycles. The Kier molecular flexibility index (Phi) is 4.74. The summed E-state index contributed by atoms with van der Waals surface area (Å²) < 4.78 is 39.9. The van der Waals surface area contributed by atoms with Crippen LogP contribution in [-0.2, 0) is 11.2 Å². The Labute approximate surface area is 169 Å². The molecule has 1 unspecified atom stereocenters. The van der Waals surface area contributed by atoms with E-state index in [0.717, 1.165) is 22.6 Å². The molecule has 10 heteroatoms. The molecule has 0 saturated carbocycles.